The number of hydrogen-bond acceptors (Lipinski definition) is 4. The lowest BCUT2D eigenvalue weighted by atomic mass is 10.3. The number of halogens is 1. The zero-order valence-electron chi connectivity index (χ0n) is 11.8. The summed E-state index contributed by atoms with van der Waals surface area (Å²) in [7, 11) is 0. The van der Waals surface area contributed by atoms with Gasteiger partial charge in [-0.15, -0.1) is 11.3 Å². The molecule has 3 rings (SSSR count). The summed E-state index contributed by atoms with van der Waals surface area (Å²) < 4.78 is 5.65. The lowest BCUT2D eigenvalue weighted by Crippen LogP contribution is -2.40. The van der Waals surface area contributed by atoms with Crippen LogP contribution in [0.4, 0.5) is 0 Å². The third-order valence-electron chi connectivity index (χ3n) is 3.41. The molecule has 0 aliphatic heterocycles. The second-order valence-electron chi connectivity index (χ2n) is 5.12. The first kappa shape index (κ1) is 15.3. The van der Waals surface area contributed by atoms with Crippen molar-refractivity contribution in [3.8, 4) is 0 Å². The minimum absolute atomic E-state index is 0.0149. The van der Waals surface area contributed by atoms with Crippen LogP contribution >= 0.6 is 27.3 Å². The molecular formula is C15H15BrN2O3S. The van der Waals surface area contributed by atoms with Gasteiger partial charge in [0.1, 0.15) is 0 Å². The van der Waals surface area contributed by atoms with Gasteiger partial charge in [0, 0.05) is 10.9 Å². The van der Waals surface area contributed by atoms with Gasteiger partial charge >= 0.3 is 0 Å². The van der Waals surface area contributed by atoms with Gasteiger partial charge in [0.2, 0.25) is 5.91 Å². The van der Waals surface area contributed by atoms with E-state index in [1.165, 1.54) is 0 Å². The third kappa shape index (κ3) is 3.78. The Balaban J connectivity index is 1.56. The van der Waals surface area contributed by atoms with E-state index in [1.54, 1.807) is 23.5 Å². The highest BCUT2D eigenvalue weighted by atomic mass is 79.9. The Bertz CT molecular complexity index is 664. The van der Waals surface area contributed by atoms with Gasteiger partial charge in [-0.2, -0.15) is 0 Å². The Morgan fingerprint density at radius 2 is 2.18 bits per heavy atom. The standard InChI is InChI=1S/C15H15BrN2O3S/c16-13-6-5-12(21-13)15(20)17-8-14(19)18(10-3-4-10)9-11-2-1-7-22-11/h1-2,5-7,10H,3-4,8-9H2,(H,17,20). The van der Waals surface area contributed by atoms with Crippen molar-refractivity contribution in [3.05, 3.63) is 45.0 Å². The van der Waals surface area contributed by atoms with E-state index in [0.29, 0.717) is 17.3 Å². The summed E-state index contributed by atoms with van der Waals surface area (Å²) in [5.41, 5.74) is 0. The Labute approximate surface area is 140 Å². The molecule has 0 saturated heterocycles. The van der Waals surface area contributed by atoms with Crippen LogP contribution in [0.1, 0.15) is 28.3 Å². The molecule has 1 aliphatic carbocycles. The molecular weight excluding hydrogens is 368 g/mol. The van der Waals surface area contributed by atoms with Gasteiger partial charge < -0.3 is 14.6 Å². The first-order chi connectivity index (χ1) is 10.6. The Morgan fingerprint density at radius 3 is 2.77 bits per heavy atom. The van der Waals surface area contributed by atoms with Crippen molar-refractivity contribution in [1.82, 2.24) is 10.2 Å². The highest BCUT2D eigenvalue weighted by Crippen LogP contribution is 2.29. The van der Waals surface area contributed by atoms with E-state index >= 15 is 0 Å². The van der Waals surface area contributed by atoms with Crippen molar-refractivity contribution in [2.45, 2.75) is 25.4 Å². The van der Waals surface area contributed by atoms with Gasteiger partial charge in [-0.1, -0.05) is 6.07 Å². The third-order valence-corrected chi connectivity index (χ3v) is 4.70. The van der Waals surface area contributed by atoms with Crippen LogP contribution in [0.5, 0.6) is 0 Å². The molecule has 1 N–H and O–H groups in total. The molecule has 1 aliphatic rings. The second-order valence-corrected chi connectivity index (χ2v) is 6.93. The fraction of sp³-hybridized carbons (Fsp3) is 0.333. The van der Waals surface area contributed by atoms with E-state index < -0.39 is 0 Å². The molecule has 5 nitrogen and oxygen atoms in total. The largest absolute Gasteiger partial charge is 0.444 e. The molecule has 2 aromatic rings. The van der Waals surface area contributed by atoms with Crippen LogP contribution in [0.3, 0.4) is 0 Å². The van der Waals surface area contributed by atoms with Crippen molar-refractivity contribution in [2.24, 2.45) is 0 Å². The number of furan rings is 1. The fourth-order valence-corrected chi connectivity index (χ4v) is 3.17. The fourth-order valence-electron chi connectivity index (χ4n) is 2.16. The van der Waals surface area contributed by atoms with Gasteiger partial charge in [-0.3, -0.25) is 9.59 Å². The predicted octanol–water partition coefficient (Wildman–Crippen LogP) is 3.02. The van der Waals surface area contributed by atoms with Crippen LogP contribution in [0.25, 0.3) is 0 Å². The van der Waals surface area contributed by atoms with Crippen LogP contribution in [0.2, 0.25) is 0 Å². The molecule has 0 aromatic carbocycles. The average Bonchev–Trinajstić information content (AvgIpc) is 3.03. The van der Waals surface area contributed by atoms with Crippen LogP contribution in [-0.2, 0) is 11.3 Å². The Hall–Kier alpha value is -1.60. The van der Waals surface area contributed by atoms with Gasteiger partial charge in [0.15, 0.2) is 10.4 Å². The SMILES string of the molecule is O=C(NCC(=O)N(Cc1cccs1)C1CC1)c1ccc(Br)o1. The van der Waals surface area contributed by atoms with Gasteiger partial charge in [0.25, 0.3) is 5.91 Å². The van der Waals surface area contributed by atoms with E-state index in [-0.39, 0.29) is 24.1 Å². The molecule has 0 radical (unpaired) electrons. The first-order valence-corrected chi connectivity index (χ1v) is 8.66. The van der Waals surface area contributed by atoms with Gasteiger partial charge in [0.05, 0.1) is 13.1 Å². The normalized spacial score (nSPS) is 13.9. The minimum atomic E-state index is -0.383. The molecule has 0 bridgehead atoms. The summed E-state index contributed by atoms with van der Waals surface area (Å²) in [4.78, 5) is 27.3. The Morgan fingerprint density at radius 1 is 1.36 bits per heavy atom. The van der Waals surface area contributed by atoms with Crippen LogP contribution in [-0.4, -0.2) is 29.3 Å². The van der Waals surface area contributed by atoms with Crippen molar-refractivity contribution in [3.63, 3.8) is 0 Å². The number of hydrogen-bond donors (Lipinski definition) is 1. The maximum Gasteiger partial charge on any atom is 0.287 e. The van der Waals surface area contributed by atoms with Crippen LogP contribution < -0.4 is 5.32 Å². The van der Waals surface area contributed by atoms with E-state index in [4.69, 9.17) is 4.42 Å². The number of rotatable bonds is 6. The molecule has 116 valence electrons. The smallest absolute Gasteiger partial charge is 0.287 e. The molecule has 7 heteroatoms. The van der Waals surface area contributed by atoms with E-state index in [9.17, 15) is 9.59 Å². The number of amides is 2. The highest BCUT2D eigenvalue weighted by Gasteiger charge is 2.32. The highest BCUT2D eigenvalue weighted by molar-refractivity contribution is 9.10. The van der Waals surface area contributed by atoms with Crippen LogP contribution in [0.15, 0.2) is 38.7 Å². The van der Waals surface area contributed by atoms with Crippen molar-refractivity contribution >= 4 is 39.1 Å². The molecule has 1 saturated carbocycles. The molecule has 0 unspecified atom stereocenters. The number of carbonyl (C=O) groups is 2. The lowest BCUT2D eigenvalue weighted by molar-refractivity contribution is -0.131. The zero-order valence-corrected chi connectivity index (χ0v) is 14.2. The molecule has 2 amide bonds. The maximum atomic E-state index is 12.4. The average molecular weight is 383 g/mol. The van der Waals surface area contributed by atoms with Gasteiger partial charge in [-0.25, -0.2) is 0 Å². The summed E-state index contributed by atoms with van der Waals surface area (Å²) in [6.45, 7) is 0.600. The monoisotopic (exact) mass is 382 g/mol. The topological polar surface area (TPSA) is 62.6 Å². The summed E-state index contributed by atoms with van der Waals surface area (Å²) >= 11 is 4.78. The molecule has 1 fully saturated rings. The van der Waals surface area contributed by atoms with Gasteiger partial charge in [-0.05, 0) is 52.4 Å². The number of nitrogens with one attached hydrogen (secondary N) is 1. The van der Waals surface area contributed by atoms with Crippen molar-refractivity contribution < 1.29 is 14.0 Å². The summed E-state index contributed by atoms with van der Waals surface area (Å²) in [6.07, 6.45) is 2.08. The first-order valence-electron chi connectivity index (χ1n) is 6.99. The summed E-state index contributed by atoms with van der Waals surface area (Å²) in [5, 5.41) is 4.61. The summed E-state index contributed by atoms with van der Waals surface area (Å²) in [5.74, 6) is -0.253. The predicted molar refractivity (Wildman–Crippen MR) is 86.6 cm³/mol. The van der Waals surface area contributed by atoms with E-state index in [2.05, 4.69) is 21.2 Å². The summed E-state index contributed by atoms with van der Waals surface area (Å²) in [6, 6.07) is 7.51. The minimum Gasteiger partial charge on any atom is -0.444 e. The zero-order chi connectivity index (χ0) is 15.5. The van der Waals surface area contributed by atoms with Crippen molar-refractivity contribution in [2.75, 3.05) is 6.54 Å². The lowest BCUT2D eigenvalue weighted by Gasteiger charge is -2.21. The number of nitrogens with zero attached hydrogens (tertiary/aromatic N) is 1. The Kier molecular flexibility index (Phi) is 4.63. The second kappa shape index (κ2) is 6.66. The molecule has 22 heavy (non-hydrogen) atoms. The maximum absolute atomic E-state index is 12.4. The van der Waals surface area contributed by atoms with E-state index in [1.807, 2.05) is 22.4 Å². The quantitative estimate of drug-likeness (QED) is 0.834. The molecule has 2 aromatic heterocycles. The van der Waals surface area contributed by atoms with Crippen molar-refractivity contribution in [1.29, 1.82) is 0 Å². The number of thiophene rings is 1. The molecule has 0 atom stereocenters. The molecule has 2 heterocycles. The van der Waals surface area contributed by atoms with E-state index in [0.717, 1.165) is 17.7 Å². The molecule has 0 spiro atoms. The van der Waals surface area contributed by atoms with Crippen LogP contribution in [0, 0.1) is 0 Å². The number of carbonyl (C=O) groups excluding carboxylic acids is 2.